The molecule has 138 valence electrons. The first-order chi connectivity index (χ1) is 12.4. The number of anilines is 1. The van der Waals surface area contributed by atoms with E-state index in [0.717, 1.165) is 19.4 Å². The van der Waals surface area contributed by atoms with Gasteiger partial charge in [0.15, 0.2) is 0 Å². The third-order valence-electron chi connectivity index (χ3n) is 4.04. The molecule has 2 aromatic carbocycles. The molecule has 1 fully saturated rings. The predicted molar refractivity (Wildman–Crippen MR) is 100 cm³/mol. The summed E-state index contributed by atoms with van der Waals surface area (Å²) >= 11 is 5.78. The van der Waals surface area contributed by atoms with Gasteiger partial charge in [-0.2, -0.15) is 0 Å². The van der Waals surface area contributed by atoms with E-state index in [9.17, 15) is 13.2 Å². The van der Waals surface area contributed by atoms with Crippen molar-refractivity contribution in [1.29, 1.82) is 0 Å². The Kier molecular flexibility index (Phi) is 5.80. The highest BCUT2D eigenvalue weighted by molar-refractivity contribution is 7.92. The first-order valence-corrected chi connectivity index (χ1v) is 10.1. The lowest BCUT2D eigenvalue weighted by molar-refractivity contribution is 0.0858. The lowest BCUT2D eigenvalue weighted by atomic mass is 10.2. The number of hydrogen-bond donors (Lipinski definition) is 2. The summed E-state index contributed by atoms with van der Waals surface area (Å²) in [5.74, 6) is -0.215. The number of halogens is 1. The van der Waals surface area contributed by atoms with Crippen LogP contribution < -0.4 is 10.0 Å². The Bertz CT molecular complexity index is 861. The van der Waals surface area contributed by atoms with Gasteiger partial charge in [-0.3, -0.25) is 9.52 Å². The summed E-state index contributed by atoms with van der Waals surface area (Å²) in [6.07, 6.45) is 2.04. The molecule has 0 aromatic heterocycles. The van der Waals surface area contributed by atoms with Crippen LogP contribution in [-0.2, 0) is 14.8 Å². The maximum Gasteiger partial charge on any atom is 0.261 e. The zero-order valence-corrected chi connectivity index (χ0v) is 15.5. The van der Waals surface area contributed by atoms with Gasteiger partial charge in [0, 0.05) is 29.4 Å². The van der Waals surface area contributed by atoms with Gasteiger partial charge in [0.25, 0.3) is 15.9 Å². The molecule has 2 N–H and O–H groups in total. The maximum absolute atomic E-state index is 12.3. The number of rotatable bonds is 6. The van der Waals surface area contributed by atoms with E-state index in [-0.39, 0.29) is 16.9 Å². The van der Waals surface area contributed by atoms with Gasteiger partial charge in [-0.1, -0.05) is 11.6 Å². The van der Waals surface area contributed by atoms with Crippen LogP contribution in [0.15, 0.2) is 53.4 Å². The monoisotopic (exact) mass is 394 g/mol. The summed E-state index contributed by atoms with van der Waals surface area (Å²) in [4.78, 5) is 12.2. The molecule has 1 amide bonds. The summed E-state index contributed by atoms with van der Waals surface area (Å²) in [5, 5.41) is 3.29. The predicted octanol–water partition coefficient (Wildman–Crippen LogP) is 3.05. The van der Waals surface area contributed by atoms with Crippen LogP contribution in [0, 0.1) is 0 Å². The molecule has 1 aliphatic rings. The van der Waals surface area contributed by atoms with Crippen molar-refractivity contribution in [2.75, 3.05) is 17.9 Å². The molecule has 2 aromatic rings. The number of benzene rings is 2. The second kappa shape index (κ2) is 8.07. The van der Waals surface area contributed by atoms with Gasteiger partial charge < -0.3 is 10.1 Å². The fraction of sp³-hybridized carbons (Fsp3) is 0.278. The highest BCUT2D eigenvalue weighted by Gasteiger charge is 2.17. The largest absolute Gasteiger partial charge is 0.376 e. The molecule has 0 saturated carbocycles. The smallest absolute Gasteiger partial charge is 0.261 e. The van der Waals surface area contributed by atoms with E-state index in [4.69, 9.17) is 16.3 Å². The van der Waals surface area contributed by atoms with Crippen LogP contribution in [0.2, 0.25) is 5.02 Å². The zero-order chi connectivity index (χ0) is 18.6. The van der Waals surface area contributed by atoms with Gasteiger partial charge in [0.2, 0.25) is 0 Å². The van der Waals surface area contributed by atoms with Crippen molar-refractivity contribution in [2.45, 2.75) is 23.8 Å². The fourth-order valence-corrected chi connectivity index (χ4v) is 3.82. The van der Waals surface area contributed by atoms with Crippen molar-refractivity contribution in [3.63, 3.8) is 0 Å². The van der Waals surface area contributed by atoms with Crippen LogP contribution in [0.4, 0.5) is 5.69 Å². The van der Waals surface area contributed by atoms with Crippen molar-refractivity contribution in [1.82, 2.24) is 5.32 Å². The minimum absolute atomic E-state index is 0.0735. The second-order valence-corrected chi connectivity index (χ2v) is 8.10. The van der Waals surface area contributed by atoms with Crippen molar-refractivity contribution in [3.05, 3.63) is 59.1 Å². The zero-order valence-electron chi connectivity index (χ0n) is 13.9. The summed E-state index contributed by atoms with van der Waals surface area (Å²) < 4.78 is 32.6. The first-order valence-electron chi connectivity index (χ1n) is 8.22. The van der Waals surface area contributed by atoms with E-state index < -0.39 is 10.0 Å². The third-order valence-corrected chi connectivity index (χ3v) is 5.69. The number of carbonyl (C=O) groups excluding carboxylic acids is 1. The number of hydrogen-bond acceptors (Lipinski definition) is 4. The van der Waals surface area contributed by atoms with Gasteiger partial charge >= 0.3 is 0 Å². The second-order valence-electron chi connectivity index (χ2n) is 5.98. The van der Waals surface area contributed by atoms with Crippen molar-refractivity contribution >= 4 is 33.2 Å². The molecule has 1 atom stereocenters. The highest BCUT2D eigenvalue weighted by Crippen LogP contribution is 2.19. The fourth-order valence-electron chi connectivity index (χ4n) is 2.63. The molecule has 1 heterocycles. The van der Waals surface area contributed by atoms with Crippen molar-refractivity contribution < 1.29 is 17.9 Å². The number of nitrogens with one attached hydrogen (secondary N) is 2. The average Bonchev–Trinajstić information content (AvgIpc) is 3.14. The van der Waals surface area contributed by atoms with Crippen LogP contribution in [-0.4, -0.2) is 33.6 Å². The SMILES string of the molecule is O=C(NCC1CCCO1)c1ccc(NS(=O)(=O)c2ccc(Cl)cc2)cc1. The van der Waals surface area contributed by atoms with Crippen LogP contribution in [0.5, 0.6) is 0 Å². The molecular formula is C18H19ClN2O4S. The molecular weight excluding hydrogens is 376 g/mol. The first kappa shape index (κ1) is 18.7. The van der Waals surface area contributed by atoms with E-state index in [1.54, 1.807) is 24.3 Å². The Morgan fingerprint density at radius 1 is 1.12 bits per heavy atom. The normalized spacial score (nSPS) is 17.0. The van der Waals surface area contributed by atoms with Gasteiger partial charge in [-0.15, -0.1) is 0 Å². The minimum Gasteiger partial charge on any atom is -0.376 e. The Hall–Kier alpha value is -2.09. The number of ether oxygens (including phenoxy) is 1. The van der Waals surface area contributed by atoms with Gasteiger partial charge in [-0.05, 0) is 61.4 Å². The Balaban J connectivity index is 1.61. The molecule has 3 rings (SSSR count). The van der Waals surface area contributed by atoms with Gasteiger partial charge in [0.05, 0.1) is 11.0 Å². The topological polar surface area (TPSA) is 84.5 Å². The Labute approximate surface area is 157 Å². The summed E-state index contributed by atoms with van der Waals surface area (Å²) in [6, 6.07) is 12.1. The van der Waals surface area contributed by atoms with Crippen LogP contribution >= 0.6 is 11.6 Å². The van der Waals surface area contributed by atoms with E-state index >= 15 is 0 Å². The molecule has 26 heavy (non-hydrogen) atoms. The molecule has 0 spiro atoms. The van der Waals surface area contributed by atoms with E-state index in [1.165, 1.54) is 24.3 Å². The molecule has 6 nitrogen and oxygen atoms in total. The molecule has 1 unspecified atom stereocenters. The van der Waals surface area contributed by atoms with E-state index in [0.29, 0.717) is 22.8 Å². The molecule has 0 radical (unpaired) electrons. The van der Waals surface area contributed by atoms with E-state index in [2.05, 4.69) is 10.0 Å². The summed E-state index contributed by atoms with van der Waals surface area (Å²) in [6.45, 7) is 1.22. The molecule has 1 saturated heterocycles. The molecule has 1 aliphatic heterocycles. The van der Waals surface area contributed by atoms with Crippen molar-refractivity contribution in [2.24, 2.45) is 0 Å². The average molecular weight is 395 g/mol. The van der Waals surface area contributed by atoms with Gasteiger partial charge in [0.1, 0.15) is 0 Å². The Morgan fingerprint density at radius 2 is 1.81 bits per heavy atom. The highest BCUT2D eigenvalue weighted by atomic mass is 35.5. The van der Waals surface area contributed by atoms with Crippen molar-refractivity contribution in [3.8, 4) is 0 Å². The van der Waals surface area contributed by atoms with Crippen LogP contribution in [0.25, 0.3) is 0 Å². The maximum atomic E-state index is 12.3. The standard InChI is InChI=1S/C18H19ClN2O4S/c19-14-5-9-17(10-6-14)26(23,24)21-15-7-3-13(4-8-15)18(22)20-12-16-2-1-11-25-16/h3-10,16,21H,1-2,11-12H2,(H,20,22). The number of amides is 1. The molecule has 0 bridgehead atoms. The van der Waals surface area contributed by atoms with Crippen LogP contribution in [0.1, 0.15) is 23.2 Å². The summed E-state index contributed by atoms with van der Waals surface area (Å²) in [7, 11) is -3.71. The lowest BCUT2D eigenvalue weighted by Gasteiger charge is -2.11. The minimum atomic E-state index is -3.71. The van der Waals surface area contributed by atoms with Crippen LogP contribution in [0.3, 0.4) is 0 Å². The molecule has 0 aliphatic carbocycles. The molecule has 8 heteroatoms. The Morgan fingerprint density at radius 3 is 2.42 bits per heavy atom. The summed E-state index contributed by atoms with van der Waals surface area (Å²) in [5.41, 5.74) is 0.827. The lowest BCUT2D eigenvalue weighted by Crippen LogP contribution is -2.31. The van der Waals surface area contributed by atoms with E-state index in [1.807, 2.05) is 0 Å². The number of carbonyl (C=O) groups is 1. The quantitative estimate of drug-likeness (QED) is 0.788. The van der Waals surface area contributed by atoms with Gasteiger partial charge in [-0.25, -0.2) is 8.42 Å². The number of sulfonamides is 1. The third kappa shape index (κ3) is 4.75.